The van der Waals surface area contributed by atoms with Crippen molar-refractivity contribution in [1.29, 1.82) is 0 Å². The van der Waals surface area contributed by atoms with Crippen LogP contribution in [0.2, 0.25) is 0 Å². The first-order valence-corrected chi connectivity index (χ1v) is 3.59. The standard InChI is InChI=1S/C6H12N4.ClH/c1-5(9-10-7)6-2-3-8-4-6;/h5-6,8H,2-4H2,1H3;1H/t5?,6-;/m0./s1. The molecule has 0 saturated carbocycles. The maximum Gasteiger partial charge on any atom is 0.0386 e. The van der Waals surface area contributed by atoms with Crippen molar-refractivity contribution in [2.45, 2.75) is 19.4 Å². The van der Waals surface area contributed by atoms with Crippen LogP contribution in [-0.4, -0.2) is 19.1 Å². The molecule has 1 unspecified atom stereocenters. The SMILES string of the molecule is CC(N=[N+]=[N-])[C@H]1CCNC1.Cl. The smallest absolute Gasteiger partial charge is 0.0386 e. The molecule has 1 N–H and O–H groups in total. The van der Waals surface area contributed by atoms with Crippen molar-refractivity contribution in [1.82, 2.24) is 5.32 Å². The minimum Gasteiger partial charge on any atom is -0.316 e. The van der Waals surface area contributed by atoms with Crippen molar-refractivity contribution in [3.05, 3.63) is 10.4 Å². The van der Waals surface area contributed by atoms with E-state index in [1.807, 2.05) is 6.92 Å². The third kappa shape index (κ3) is 2.97. The zero-order valence-electron chi connectivity index (χ0n) is 6.53. The Balaban J connectivity index is 0.000001000. The Morgan fingerprint density at radius 3 is 2.91 bits per heavy atom. The predicted octanol–water partition coefficient (Wildman–Crippen LogP) is 1.72. The number of hydrogen-bond acceptors (Lipinski definition) is 2. The van der Waals surface area contributed by atoms with E-state index in [9.17, 15) is 0 Å². The molecule has 5 heteroatoms. The van der Waals surface area contributed by atoms with Gasteiger partial charge in [-0.05, 0) is 31.0 Å². The number of rotatable bonds is 2. The summed E-state index contributed by atoms with van der Waals surface area (Å²) in [5.74, 6) is 0.552. The van der Waals surface area contributed by atoms with Crippen molar-refractivity contribution in [3.8, 4) is 0 Å². The fourth-order valence-electron chi connectivity index (χ4n) is 1.26. The Bertz CT molecular complexity index is 149. The van der Waals surface area contributed by atoms with Crippen molar-refractivity contribution in [3.63, 3.8) is 0 Å². The molecule has 0 amide bonds. The van der Waals surface area contributed by atoms with Gasteiger partial charge in [0.25, 0.3) is 0 Å². The second kappa shape index (κ2) is 5.24. The van der Waals surface area contributed by atoms with Crippen LogP contribution in [0.4, 0.5) is 0 Å². The summed E-state index contributed by atoms with van der Waals surface area (Å²) >= 11 is 0. The number of hydrogen-bond donors (Lipinski definition) is 1. The lowest BCUT2D eigenvalue weighted by molar-refractivity contribution is 0.482. The molecule has 0 spiro atoms. The molecule has 11 heavy (non-hydrogen) atoms. The van der Waals surface area contributed by atoms with E-state index in [0.717, 1.165) is 19.5 Å². The van der Waals surface area contributed by atoms with Gasteiger partial charge in [-0.3, -0.25) is 0 Å². The highest BCUT2D eigenvalue weighted by Crippen LogP contribution is 2.14. The number of halogens is 1. The summed E-state index contributed by atoms with van der Waals surface area (Å²) in [5.41, 5.74) is 8.13. The molecule has 4 nitrogen and oxygen atoms in total. The molecular formula is C6H13ClN4. The quantitative estimate of drug-likeness (QED) is 0.389. The predicted molar refractivity (Wildman–Crippen MR) is 46.8 cm³/mol. The van der Waals surface area contributed by atoms with Crippen molar-refractivity contribution < 1.29 is 0 Å². The normalized spacial score (nSPS) is 25.0. The van der Waals surface area contributed by atoms with E-state index in [2.05, 4.69) is 15.3 Å². The van der Waals surface area contributed by atoms with E-state index in [4.69, 9.17) is 5.53 Å². The molecule has 1 rings (SSSR count). The second-order valence-electron chi connectivity index (χ2n) is 2.70. The molecule has 0 bridgehead atoms. The molecule has 1 heterocycles. The van der Waals surface area contributed by atoms with Gasteiger partial charge >= 0.3 is 0 Å². The maximum atomic E-state index is 8.13. The minimum atomic E-state index is 0. The molecular weight excluding hydrogens is 164 g/mol. The van der Waals surface area contributed by atoms with Crippen LogP contribution in [0.1, 0.15) is 13.3 Å². The summed E-state index contributed by atoms with van der Waals surface area (Å²) in [7, 11) is 0. The average molecular weight is 177 g/mol. The van der Waals surface area contributed by atoms with Crippen molar-refractivity contribution in [2.24, 2.45) is 11.0 Å². The summed E-state index contributed by atoms with van der Waals surface area (Å²) < 4.78 is 0. The number of nitrogens with zero attached hydrogens (tertiary/aromatic N) is 3. The summed E-state index contributed by atoms with van der Waals surface area (Å²) in [6.07, 6.45) is 1.14. The number of nitrogens with one attached hydrogen (secondary N) is 1. The summed E-state index contributed by atoms with van der Waals surface area (Å²) in [5, 5.41) is 6.88. The van der Waals surface area contributed by atoms with E-state index < -0.39 is 0 Å². The van der Waals surface area contributed by atoms with E-state index in [0.29, 0.717) is 5.92 Å². The van der Waals surface area contributed by atoms with Gasteiger partial charge in [0.1, 0.15) is 0 Å². The molecule has 0 aromatic heterocycles. The molecule has 64 valence electrons. The Morgan fingerprint density at radius 2 is 2.45 bits per heavy atom. The van der Waals surface area contributed by atoms with E-state index in [-0.39, 0.29) is 18.4 Å². The zero-order valence-corrected chi connectivity index (χ0v) is 7.34. The van der Waals surface area contributed by atoms with Gasteiger partial charge in [0.15, 0.2) is 0 Å². The van der Waals surface area contributed by atoms with Gasteiger partial charge in [-0.25, -0.2) is 0 Å². The first-order valence-electron chi connectivity index (χ1n) is 3.59. The zero-order chi connectivity index (χ0) is 7.40. The lowest BCUT2D eigenvalue weighted by atomic mass is 10.0. The van der Waals surface area contributed by atoms with Crippen LogP contribution in [0.25, 0.3) is 10.4 Å². The monoisotopic (exact) mass is 176 g/mol. The van der Waals surface area contributed by atoms with Crippen LogP contribution >= 0.6 is 12.4 Å². The van der Waals surface area contributed by atoms with E-state index >= 15 is 0 Å². The Labute approximate surface area is 72.4 Å². The Morgan fingerprint density at radius 1 is 1.73 bits per heavy atom. The van der Waals surface area contributed by atoms with Gasteiger partial charge in [-0.2, -0.15) is 0 Å². The fourth-order valence-corrected chi connectivity index (χ4v) is 1.26. The lowest BCUT2D eigenvalue weighted by Gasteiger charge is -2.10. The molecule has 0 aromatic carbocycles. The minimum absolute atomic E-state index is 0. The summed E-state index contributed by atoms with van der Waals surface area (Å²) in [6, 6.07) is 0.153. The largest absolute Gasteiger partial charge is 0.316 e. The van der Waals surface area contributed by atoms with Gasteiger partial charge in [-0.15, -0.1) is 12.4 Å². The molecule has 1 aliphatic heterocycles. The van der Waals surface area contributed by atoms with Crippen molar-refractivity contribution in [2.75, 3.05) is 13.1 Å². The van der Waals surface area contributed by atoms with Gasteiger partial charge in [0.05, 0.1) is 0 Å². The summed E-state index contributed by atoms with van der Waals surface area (Å²) in [6.45, 7) is 4.04. The molecule has 1 fully saturated rings. The topological polar surface area (TPSA) is 60.8 Å². The van der Waals surface area contributed by atoms with Gasteiger partial charge in [0.2, 0.25) is 0 Å². The maximum absolute atomic E-state index is 8.13. The van der Waals surface area contributed by atoms with Crippen LogP contribution in [-0.2, 0) is 0 Å². The third-order valence-electron chi connectivity index (χ3n) is 2.01. The van der Waals surface area contributed by atoms with Crippen LogP contribution in [0.3, 0.4) is 0 Å². The van der Waals surface area contributed by atoms with Gasteiger partial charge in [-0.1, -0.05) is 12.0 Å². The highest BCUT2D eigenvalue weighted by molar-refractivity contribution is 5.85. The molecule has 2 atom stereocenters. The van der Waals surface area contributed by atoms with Gasteiger partial charge < -0.3 is 5.32 Å². The Kier molecular flexibility index (Phi) is 5.03. The van der Waals surface area contributed by atoms with Crippen LogP contribution < -0.4 is 5.32 Å². The highest BCUT2D eigenvalue weighted by Gasteiger charge is 2.19. The van der Waals surface area contributed by atoms with Crippen LogP contribution in [0, 0.1) is 5.92 Å². The second-order valence-corrected chi connectivity index (χ2v) is 2.70. The third-order valence-corrected chi connectivity index (χ3v) is 2.01. The molecule has 0 aromatic rings. The van der Waals surface area contributed by atoms with E-state index in [1.54, 1.807) is 0 Å². The fraction of sp³-hybridized carbons (Fsp3) is 1.00. The molecule has 0 radical (unpaired) electrons. The molecule has 1 saturated heterocycles. The molecule has 0 aliphatic carbocycles. The average Bonchev–Trinajstić information content (AvgIpc) is 2.38. The first-order chi connectivity index (χ1) is 4.84. The Hall–Kier alpha value is -0.440. The van der Waals surface area contributed by atoms with Crippen molar-refractivity contribution >= 4 is 12.4 Å². The first kappa shape index (κ1) is 10.6. The van der Waals surface area contributed by atoms with Gasteiger partial charge in [0, 0.05) is 11.0 Å². The van der Waals surface area contributed by atoms with E-state index in [1.165, 1.54) is 0 Å². The lowest BCUT2D eigenvalue weighted by Crippen LogP contribution is -2.17. The number of azide groups is 1. The summed E-state index contributed by atoms with van der Waals surface area (Å²) in [4.78, 5) is 2.78. The molecule has 1 aliphatic rings. The highest BCUT2D eigenvalue weighted by atomic mass is 35.5. The van der Waals surface area contributed by atoms with Crippen LogP contribution in [0.15, 0.2) is 5.11 Å². The van der Waals surface area contributed by atoms with Crippen LogP contribution in [0.5, 0.6) is 0 Å².